The van der Waals surface area contributed by atoms with Crippen molar-refractivity contribution in [2.24, 2.45) is 12.2 Å². The van der Waals surface area contributed by atoms with Crippen molar-refractivity contribution in [1.82, 2.24) is 4.57 Å². The van der Waals surface area contributed by atoms with Crippen molar-refractivity contribution in [2.75, 3.05) is 7.11 Å². The van der Waals surface area contributed by atoms with Crippen molar-refractivity contribution in [3.8, 4) is 0 Å². The number of carbonyl (C=O) groups excluding carboxylic acids is 1. The molecule has 0 unspecified atom stereocenters. The Bertz CT molecular complexity index is 475. The van der Waals surface area contributed by atoms with Gasteiger partial charge >= 0.3 is 5.97 Å². The van der Waals surface area contributed by atoms with Crippen LogP contribution in [0.3, 0.4) is 0 Å². The molecule has 6 nitrogen and oxygen atoms in total. The number of hydrogen-bond acceptors (Lipinski definition) is 4. The van der Waals surface area contributed by atoms with Crippen molar-refractivity contribution < 1.29 is 17.9 Å². The lowest BCUT2D eigenvalue weighted by atomic mass is 10.4. The summed E-state index contributed by atoms with van der Waals surface area (Å²) in [6.45, 7) is 0. The molecule has 84 valence electrons. The average Bonchev–Trinajstić information content (AvgIpc) is 2.45. The smallest absolute Gasteiger partial charge is 0.354 e. The van der Waals surface area contributed by atoms with E-state index in [4.69, 9.17) is 5.14 Å². The zero-order valence-corrected chi connectivity index (χ0v) is 9.24. The second kappa shape index (κ2) is 4.03. The van der Waals surface area contributed by atoms with Crippen LogP contribution in [-0.4, -0.2) is 26.1 Å². The van der Waals surface area contributed by atoms with Crippen LogP contribution in [0.2, 0.25) is 0 Å². The highest BCUT2D eigenvalue weighted by molar-refractivity contribution is 7.88. The Kier molecular flexibility index (Phi) is 3.15. The highest BCUT2D eigenvalue weighted by atomic mass is 32.2. The topological polar surface area (TPSA) is 91.4 Å². The van der Waals surface area contributed by atoms with Gasteiger partial charge in [-0.25, -0.2) is 18.4 Å². The number of methoxy groups -OCH3 is 1. The first-order chi connectivity index (χ1) is 6.85. The molecule has 15 heavy (non-hydrogen) atoms. The van der Waals surface area contributed by atoms with Crippen LogP contribution in [0.1, 0.15) is 16.2 Å². The highest BCUT2D eigenvalue weighted by Crippen LogP contribution is 2.10. The van der Waals surface area contributed by atoms with Gasteiger partial charge in [0.25, 0.3) is 0 Å². The molecule has 0 bridgehead atoms. The molecule has 0 atom stereocenters. The standard InChI is InChI=1S/C8H12N2O4S/c1-10-6(5-15(9,12)13)3-4-7(10)8(11)14-2/h3-4H,5H2,1-2H3,(H2,9,12,13). The lowest BCUT2D eigenvalue weighted by molar-refractivity contribution is 0.0589. The van der Waals surface area contributed by atoms with Gasteiger partial charge in [0.2, 0.25) is 10.0 Å². The molecular formula is C8H12N2O4S. The van der Waals surface area contributed by atoms with Gasteiger partial charge in [0.1, 0.15) is 11.4 Å². The molecule has 7 heteroatoms. The number of nitrogens with zero attached hydrogens (tertiary/aromatic N) is 1. The minimum absolute atomic E-state index is 0.288. The van der Waals surface area contributed by atoms with E-state index >= 15 is 0 Å². The van der Waals surface area contributed by atoms with Crippen LogP contribution in [-0.2, 0) is 27.6 Å². The lowest BCUT2D eigenvalue weighted by Crippen LogP contribution is -2.17. The molecule has 0 aliphatic heterocycles. The molecule has 0 fully saturated rings. The number of esters is 1. The largest absolute Gasteiger partial charge is 0.464 e. The zero-order chi connectivity index (χ0) is 11.6. The third-order valence-corrected chi connectivity index (χ3v) is 2.67. The van der Waals surface area contributed by atoms with Crippen LogP contribution in [0, 0.1) is 0 Å². The van der Waals surface area contributed by atoms with E-state index in [9.17, 15) is 13.2 Å². The Labute approximate surface area is 87.7 Å². The van der Waals surface area contributed by atoms with Gasteiger partial charge < -0.3 is 9.30 Å². The molecule has 0 radical (unpaired) electrons. The maximum Gasteiger partial charge on any atom is 0.354 e. The van der Waals surface area contributed by atoms with Crippen LogP contribution in [0.25, 0.3) is 0 Å². The molecule has 2 N–H and O–H groups in total. The normalized spacial score (nSPS) is 11.4. The Morgan fingerprint density at radius 1 is 1.53 bits per heavy atom. The van der Waals surface area contributed by atoms with Crippen LogP contribution < -0.4 is 5.14 Å². The molecule has 1 heterocycles. The Hall–Kier alpha value is -1.34. The van der Waals surface area contributed by atoms with E-state index in [2.05, 4.69) is 4.74 Å². The molecule has 0 amide bonds. The van der Waals surface area contributed by atoms with E-state index in [0.717, 1.165) is 0 Å². The van der Waals surface area contributed by atoms with E-state index < -0.39 is 16.0 Å². The third-order valence-electron chi connectivity index (χ3n) is 1.97. The molecule has 0 spiro atoms. The first-order valence-corrected chi connectivity index (χ1v) is 5.80. The predicted octanol–water partition coefficient (Wildman–Crippen LogP) is -0.400. The molecule has 0 saturated carbocycles. The molecule has 1 rings (SSSR count). The number of aromatic nitrogens is 1. The van der Waals surface area contributed by atoms with Gasteiger partial charge in [0.05, 0.1) is 7.11 Å². The van der Waals surface area contributed by atoms with Gasteiger partial charge in [-0.05, 0) is 12.1 Å². The van der Waals surface area contributed by atoms with Gasteiger partial charge in [-0.2, -0.15) is 0 Å². The number of nitrogens with two attached hydrogens (primary N) is 1. The molecule has 0 aromatic carbocycles. The first-order valence-electron chi connectivity index (χ1n) is 4.08. The summed E-state index contributed by atoms with van der Waals surface area (Å²) in [6.07, 6.45) is 0. The summed E-state index contributed by atoms with van der Waals surface area (Å²) in [5.74, 6) is -0.821. The number of primary sulfonamides is 1. The molecule has 1 aromatic heterocycles. The number of ether oxygens (including phenoxy) is 1. The van der Waals surface area contributed by atoms with Crippen LogP contribution >= 0.6 is 0 Å². The highest BCUT2D eigenvalue weighted by Gasteiger charge is 2.15. The number of sulfonamides is 1. The Morgan fingerprint density at radius 3 is 2.60 bits per heavy atom. The fourth-order valence-corrected chi connectivity index (χ4v) is 1.92. The van der Waals surface area contributed by atoms with E-state index in [1.807, 2.05) is 0 Å². The van der Waals surface area contributed by atoms with Crippen molar-refractivity contribution >= 4 is 16.0 Å². The minimum atomic E-state index is -3.59. The summed E-state index contributed by atoms with van der Waals surface area (Å²) in [5, 5.41) is 4.90. The maximum absolute atomic E-state index is 11.2. The average molecular weight is 232 g/mol. The van der Waals surface area contributed by atoms with Gasteiger partial charge in [0, 0.05) is 12.7 Å². The molecule has 1 aromatic rings. The lowest BCUT2D eigenvalue weighted by Gasteiger charge is -2.04. The van der Waals surface area contributed by atoms with E-state index in [-0.39, 0.29) is 11.4 Å². The number of rotatable bonds is 3. The van der Waals surface area contributed by atoms with Gasteiger partial charge in [0.15, 0.2) is 0 Å². The second-order valence-electron chi connectivity index (χ2n) is 3.07. The van der Waals surface area contributed by atoms with Crippen LogP contribution in [0.4, 0.5) is 0 Å². The van der Waals surface area contributed by atoms with Crippen molar-refractivity contribution in [2.45, 2.75) is 5.75 Å². The fourth-order valence-electron chi connectivity index (χ4n) is 1.21. The molecule has 0 saturated heterocycles. The molecular weight excluding hydrogens is 220 g/mol. The van der Waals surface area contributed by atoms with Crippen molar-refractivity contribution in [3.63, 3.8) is 0 Å². The molecule has 0 aliphatic rings. The van der Waals surface area contributed by atoms with Crippen LogP contribution in [0.15, 0.2) is 12.1 Å². The van der Waals surface area contributed by atoms with E-state index in [0.29, 0.717) is 5.69 Å². The van der Waals surface area contributed by atoms with Crippen molar-refractivity contribution in [3.05, 3.63) is 23.5 Å². The zero-order valence-electron chi connectivity index (χ0n) is 8.43. The Morgan fingerprint density at radius 2 is 2.13 bits per heavy atom. The van der Waals surface area contributed by atoms with E-state index in [1.165, 1.54) is 23.8 Å². The van der Waals surface area contributed by atoms with Crippen molar-refractivity contribution in [1.29, 1.82) is 0 Å². The summed E-state index contributed by atoms with van der Waals surface area (Å²) in [4.78, 5) is 11.2. The fraction of sp³-hybridized carbons (Fsp3) is 0.375. The maximum atomic E-state index is 11.2. The van der Waals surface area contributed by atoms with Gasteiger partial charge in [-0.15, -0.1) is 0 Å². The van der Waals surface area contributed by atoms with E-state index in [1.54, 1.807) is 7.05 Å². The summed E-state index contributed by atoms with van der Waals surface area (Å²) < 4.78 is 27.7. The summed E-state index contributed by atoms with van der Waals surface area (Å²) in [7, 11) is -0.757. The minimum Gasteiger partial charge on any atom is -0.464 e. The predicted molar refractivity (Wildman–Crippen MR) is 53.6 cm³/mol. The number of carbonyl (C=O) groups is 1. The number of hydrogen-bond donors (Lipinski definition) is 1. The third kappa shape index (κ3) is 2.80. The Balaban J connectivity index is 3.05. The quantitative estimate of drug-likeness (QED) is 0.718. The second-order valence-corrected chi connectivity index (χ2v) is 4.68. The summed E-state index contributed by atoms with van der Waals surface area (Å²) in [6, 6.07) is 3.02. The summed E-state index contributed by atoms with van der Waals surface area (Å²) >= 11 is 0. The first kappa shape index (κ1) is 11.7. The molecule has 0 aliphatic carbocycles. The van der Waals surface area contributed by atoms with Crippen LogP contribution in [0.5, 0.6) is 0 Å². The monoisotopic (exact) mass is 232 g/mol. The summed E-state index contributed by atoms with van der Waals surface area (Å²) in [5.41, 5.74) is 0.731. The van der Waals surface area contributed by atoms with Gasteiger partial charge in [-0.3, -0.25) is 0 Å². The SMILES string of the molecule is COC(=O)c1ccc(CS(N)(=O)=O)n1C. The van der Waals surface area contributed by atoms with Gasteiger partial charge in [-0.1, -0.05) is 0 Å².